The Kier molecular flexibility index (Phi) is 5.17. The minimum atomic E-state index is -0.813. The molecule has 0 atom stereocenters. The van der Waals surface area contributed by atoms with Crippen molar-refractivity contribution >= 4 is 23.5 Å². The molecule has 21 heavy (non-hydrogen) atoms. The maximum Gasteiger partial charge on any atom is 0.303 e. The van der Waals surface area contributed by atoms with Crippen LogP contribution in [0.5, 0.6) is 0 Å². The second kappa shape index (κ2) is 6.89. The van der Waals surface area contributed by atoms with E-state index >= 15 is 0 Å². The summed E-state index contributed by atoms with van der Waals surface area (Å²) in [5.74, 6) is -1.13. The molecular weight excluding hydrogens is 292 g/mol. The van der Waals surface area contributed by atoms with E-state index in [1.54, 1.807) is 18.2 Å². The Labute approximate surface area is 128 Å². The molecule has 0 saturated heterocycles. The minimum absolute atomic E-state index is 0.0935. The number of nitrogens with zero attached hydrogens (tertiary/aromatic N) is 1. The summed E-state index contributed by atoms with van der Waals surface area (Å²) in [6.07, 6.45) is 4.92. The number of carboxylic acid groups (broad SMARTS) is 1. The van der Waals surface area contributed by atoms with Crippen LogP contribution in [0.15, 0.2) is 18.2 Å². The zero-order valence-corrected chi connectivity index (χ0v) is 12.5. The van der Waals surface area contributed by atoms with Gasteiger partial charge in [-0.1, -0.05) is 36.9 Å². The summed E-state index contributed by atoms with van der Waals surface area (Å²) >= 11 is 5.77. The Balaban J connectivity index is 2.01. The van der Waals surface area contributed by atoms with Crippen molar-refractivity contribution in [3.63, 3.8) is 0 Å². The lowest BCUT2D eigenvalue weighted by atomic mass is 9.71. The standard InChI is InChI=1S/C15H19ClN2O3/c16-12-6-4-5-11(18-12)14(21)17-10-15(9-13(19)20)7-2-1-3-8-15/h4-6H,1-3,7-10H2,(H,17,21)(H,19,20). The van der Waals surface area contributed by atoms with Gasteiger partial charge in [-0.05, 0) is 30.4 Å². The van der Waals surface area contributed by atoms with Gasteiger partial charge in [-0.25, -0.2) is 4.98 Å². The summed E-state index contributed by atoms with van der Waals surface area (Å²) in [5.41, 5.74) is -0.0815. The number of halogens is 1. The Morgan fingerprint density at radius 2 is 2.00 bits per heavy atom. The van der Waals surface area contributed by atoms with Crippen LogP contribution >= 0.6 is 11.6 Å². The summed E-state index contributed by atoms with van der Waals surface area (Å²) in [4.78, 5) is 27.1. The number of pyridine rings is 1. The van der Waals surface area contributed by atoms with Crippen molar-refractivity contribution < 1.29 is 14.7 Å². The molecular formula is C15H19ClN2O3. The molecule has 1 aromatic heterocycles. The van der Waals surface area contributed by atoms with Crippen LogP contribution in [-0.4, -0.2) is 28.5 Å². The number of amides is 1. The van der Waals surface area contributed by atoms with Gasteiger partial charge in [0.1, 0.15) is 10.8 Å². The topological polar surface area (TPSA) is 79.3 Å². The first-order valence-corrected chi connectivity index (χ1v) is 7.51. The van der Waals surface area contributed by atoms with Crippen molar-refractivity contribution in [3.05, 3.63) is 29.0 Å². The molecule has 6 heteroatoms. The number of nitrogens with one attached hydrogen (secondary N) is 1. The van der Waals surface area contributed by atoms with Crippen LogP contribution in [-0.2, 0) is 4.79 Å². The highest BCUT2D eigenvalue weighted by Crippen LogP contribution is 2.38. The van der Waals surface area contributed by atoms with Gasteiger partial charge in [0.05, 0.1) is 6.42 Å². The van der Waals surface area contributed by atoms with Crippen LogP contribution in [0.1, 0.15) is 49.0 Å². The highest BCUT2D eigenvalue weighted by molar-refractivity contribution is 6.29. The van der Waals surface area contributed by atoms with Crippen molar-refractivity contribution in [2.75, 3.05) is 6.54 Å². The van der Waals surface area contributed by atoms with Crippen LogP contribution in [0.4, 0.5) is 0 Å². The number of carbonyl (C=O) groups is 2. The third kappa shape index (κ3) is 4.43. The first kappa shape index (κ1) is 15.8. The fraction of sp³-hybridized carbons (Fsp3) is 0.533. The fourth-order valence-electron chi connectivity index (χ4n) is 2.93. The lowest BCUT2D eigenvalue weighted by Gasteiger charge is -2.36. The average molecular weight is 311 g/mol. The van der Waals surface area contributed by atoms with Crippen molar-refractivity contribution in [3.8, 4) is 0 Å². The summed E-state index contributed by atoms with van der Waals surface area (Å²) in [5, 5.41) is 12.2. The lowest BCUT2D eigenvalue weighted by molar-refractivity contribution is -0.140. The predicted octanol–water partition coefficient (Wildman–Crippen LogP) is 2.89. The largest absolute Gasteiger partial charge is 0.481 e. The molecule has 1 aliphatic rings. The number of carboxylic acids is 1. The van der Waals surface area contributed by atoms with Gasteiger partial charge in [0.25, 0.3) is 5.91 Å². The Morgan fingerprint density at radius 3 is 2.62 bits per heavy atom. The lowest BCUT2D eigenvalue weighted by Crippen LogP contribution is -2.40. The first-order valence-electron chi connectivity index (χ1n) is 7.13. The van der Waals surface area contributed by atoms with Gasteiger partial charge < -0.3 is 10.4 Å². The zero-order chi connectivity index (χ0) is 15.3. The smallest absolute Gasteiger partial charge is 0.303 e. The van der Waals surface area contributed by atoms with Gasteiger partial charge >= 0.3 is 5.97 Å². The average Bonchev–Trinajstić information content (AvgIpc) is 2.45. The van der Waals surface area contributed by atoms with E-state index < -0.39 is 5.97 Å². The third-order valence-electron chi connectivity index (χ3n) is 4.01. The van der Waals surface area contributed by atoms with Gasteiger partial charge in [-0.2, -0.15) is 0 Å². The van der Waals surface area contributed by atoms with E-state index in [2.05, 4.69) is 10.3 Å². The maximum atomic E-state index is 12.1. The molecule has 1 aromatic rings. The second-order valence-corrected chi connectivity index (χ2v) is 6.05. The van der Waals surface area contributed by atoms with Gasteiger partial charge in [0.2, 0.25) is 0 Å². The first-order chi connectivity index (χ1) is 10.0. The summed E-state index contributed by atoms with van der Waals surface area (Å²) in [6, 6.07) is 4.86. The zero-order valence-electron chi connectivity index (χ0n) is 11.8. The van der Waals surface area contributed by atoms with Crippen LogP contribution in [0.2, 0.25) is 5.15 Å². The molecule has 0 aromatic carbocycles. The molecule has 1 saturated carbocycles. The molecule has 2 N–H and O–H groups in total. The van der Waals surface area contributed by atoms with E-state index in [1.165, 1.54) is 0 Å². The summed E-state index contributed by atoms with van der Waals surface area (Å²) in [6.45, 7) is 0.367. The van der Waals surface area contributed by atoms with E-state index in [0.717, 1.165) is 32.1 Å². The molecule has 1 heterocycles. The Morgan fingerprint density at radius 1 is 1.29 bits per heavy atom. The van der Waals surface area contributed by atoms with Crippen LogP contribution in [0.25, 0.3) is 0 Å². The fourth-order valence-corrected chi connectivity index (χ4v) is 3.10. The van der Waals surface area contributed by atoms with E-state index in [0.29, 0.717) is 6.54 Å². The number of hydrogen-bond acceptors (Lipinski definition) is 3. The van der Waals surface area contributed by atoms with Crippen LogP contribution in [0, 0.1) is 5.41 Å². The molecule has 1 amide bonds. The molecule has 1 aliphatic carbocycles. The van der Waals surface area contributed by atoms with Crippen molar-refractivity contribution in [1.29, 1.82) is 0 Å². The Bertz CT molecular complexity index is 527. The van der Waals surface area contributed by atoms with E-state index in [4.69, 9.17) is 16.7 Å². The molecule has 114 valence electrons. The van der Waals surface area contributed by atoms with Gasteiger partial charge in [0, 0.05) is 6.54 Å². The van der Waals surface area contributed by atoms with Crippen molar-refractivity contribution in [2.45, 2.75) is 38.5 Å². The number of carbonyl (C=O) groups excluding carboxylic acids is 1. The van der Waals surface area contributed by atoms with E-state index in [9.17, 15) is 9.59 Å². The Hall–Kier alpha value is -1.62. The van der Waals surface area contributed by atoms with E-state index in [1.807, 2.05) is 0 Å². The molecule has 5 nitrogen and oxygen atoms in total. The second-order valence-electron chi connectivity index (χ2n) is 5.66. The number of rotatable bonds is 5. The molecule has 0 aliphatic heterocycles. The number of aromatic nitrogens is 1. The van der Waals surface area contributed by atoms with Gasteiger partial charge in [-0.3, -0.25) is 9.59 Å². The van der Waals surface area contributed by atoms with Crippen molar-refractivity contribution in [2.24, 2.45) is 5.41 Å². The monoisotopic (exact) mass is 310 g/mol. The van der Waals surface area contributed by atoms with Gasteiger partial charge in [-0.15, -0.1) is 0 Å². The highest BCUT2D eigenvalue weighted by atomic mass is 35.5. The van der Waals surface area contributed by atoms with Crippen LogP contribution < -0.4 is 5.32 Å². The third-order valence-corrected chi connectivity index (χ3v) is 4.22. The molecule has 0 spiro atoms. The highest BCUT2D eigenvalue weighted by Gasteiger charge is 2.34. The maximum absolute atomic E-state index is 12.1. The minimum Gasteiger partial charge on any atom is -0.481 e. The number of aliphatic carboxylic acids is 1. The molecule has 0 bridgehead atoms. The van der Waals surface area contributed by atoms with E-state index in [-0.39, 0.29) is 28.6 Å². The SMILES string of the molecule is O=C(O)CC1(CNC(=O)c2cccc(Cl)n2)CCCCC1. The normalized spacial score (nSPS) is 17.2. The van der Waals surface area contributed by atoms with Gasteiger partial charge in [0.15, 0.2) is 0 Å². The van der Waals surface area contributed by atoms with Crippen molar-refractivity contribution in [1.82, 2.24) is 10.3 Å². The summed E-state index contributed by atoms with van der Waals surface area (Å²) in [7, 11) is 0. The molecule has 2 rings (SSSR count). The molecule has 1 fully saturated rings. The number of hydrogen-bond donors (Lipinski definition) is 2. The molecule has 0 unspecified atom stereocenters. The summed E-state index contributed by atoms with van der Waals surface area (Å²) < 4.78 is 0. The predicted molar refractivity (Wildman–Crippen MR) is 79.4 cm³/mol. The quantitative estimate of drug-likeness (QED) is 0.820. The molecule has 0 radical (unpaired) electrons. The van der Waals surface area contributed by atoms with Crippen LogP contribution in [0.3, 0.4) is 0 Å².